The summed E-state index contributed by atoms with van der Waals surface area (Å²) in [5.41, 5.74) is 1.73. The van der Waals surface area contributed by atoms with Gasteiger partial charge in [0.25, 0.3) is 5.91 Å². The van der Waals surface area contributed by atoms with Crippen LogP contribution in [0.25, 0.3) is 6.08 Å². The Hall–Kier alpha value is -2.25. The first-order valence-electron chi connectivity index (χ1n) is 7.71. The van der Waals surface area contributed by atoms with Crippen LogP contribution in [0, 0.1) is 11.3 Å². The summed E-state index contributed by atoms with van der Waals surface area (Å²) in [6.45, 7) is 0.330. The molecule has 1 heterocycles. The van der Waals surface area contributed by atoms with E-state index in [-0.39, 0.29) is 17.5 Å². The van der Waals surface area contributed by atoms with E-state index in [1.165, 1.54) is 0 Å². The number of carbonyl (C=O) groups excluding carboxylic acids is 1. The smallest absolute Gasteiger partial charge is 0.262 e. The van der Waals surface area contributed by atoms with Gasteiger partial charge in [-0.3, -0.25) is 4.79 Å². The average molecular weight is 329 g/mol. The molecule has 5 heteroatoms. The van der Waals surface area contributed by atoms with E-state index in [1.54, 1.807) is 18.2 Å². The maximum absolute atomic E-state index is 12.2. The van der Waals surface area contributed by atoms with Crippen LogP contribution < -0.4 is 10.1 Å². The number of fused-ring (bicyclic) bond motifs is 1. The van der Waals surface area contributed by atoms with Crippen LogP contribution in [0.1, 0.15) is 31.2 Å². The minimum Gasteiger partial charge on any atom is -0.488 e. The molecule has 23 heavy (non-hydrogen) atoms. The van der Waals surface area contributed by atoms with Gasteiger partial charge < -0.3 is 10.1 Å². The first-order chi connectivity index (χ1) is 11.2. The van der Waals surface area contributed by atoms with E-state index in [4.69, 9.17) is 16.3 Å². The lowest BCUT2D eigenvalue weighted by Crippen LogP contribution is -2.33. The molecule has 1 aromatic rings. The fourth-order valence-corrected chi connectivity index (χ4v) is 3.10. The molecule has 1 amide bonds. The van der Waals surface area contributed by atoms with Crippen molar-refractivity contribution < 1.29 is 9.53 Å². The molecule has 0 saturated heterocycles. The van der Waals surface area contributed by atoms with Crippen molar-refractivity contribution in [2.45, 2.75) is 31.7 Å². The summed E-state index contributed by atoms with van der Waals surface area (Å²) in [6, 6.07) is 7.56. The SMILES string of the molecule is N#C/C(=C\C1=Cc2cc(Cl)ccc2OC1)C(=O)NC1CCCC1. The molecule has 1 fully saturated rings. The predicted octanol–water partition coefficient (Wildman–Crippen LogP) is 3.62. The second-order valence-corrected chi connectivity index (χ2v) is 6.25. The molecule has 1 aliphatic heterocycles. The van der Waals surface area contributed by atoms with Crippen molar-refractivity contribution in [3.63, 3.8) is 0 Å². The van der Waals surface area contributed by atoms with Crippen LogP contribution >= 0.6 is 11.6 Å². The minimum atomic E-state index is -0.308. The summed E-state index contributed by atoms with van der Waals surface area (Å²) in [4.78, 5) is 12.2. The number of rotatable bonds is 3. The van der Waals surface area contributed by atoms with Gasteiger partial charge >= 0.3 is 0 Å². The number of benzene rings is 1. The van der Waals surface area contributed by atoms with E-state index in [9.17, 15) is 10.1 Å². The number of nitrogens with zero attached hydrogens (tertiary/aromatic N) is 1. The zero-order valence-corrected chi connectivity index (χ0v) is 13.4. The number of hydrogen-bond acceptors (Lipinski definition) is 3. The zero-order valence-electron chi connectivity index (χ0n) is 12.6. The summed E-state index contributed by atoms with van der Waals surface area (Å²) in [6.07, 6.45) is 7.73. The lowest BCUT2D eigenvalue weighted by Gasteiger charge is -2.17. The van der Waals surface area contributed by atoms with Crippen LogP contribution in [0.15, 0.2) is 35.4 Å². The van der Waals surface area contributed by atoms with Crippen LogP contribution in [-0.2, 0) is 4.79 Å². The van der Waals surface area contributed by atoms with Gasteiger partial charge in [0.2, 0.25) is 0 Å². The lowest BCUT2D eigenvalue weighted by atomic mass is 10.0. The normalized spacial score (nSPS) is 17.7. The number of carbonyl (C=O) groups is 1. The van der Waals surface area contributed by atoms with Crippen molar-refractivity contribution in [3.8, 4) is 11.8 Å². The molecule has 1 aliphatic carbocycles. The minimum absolute atomic E-state index is 0.109. The van der Waals surface area contributed by atoms with E-state index in [1.807, 2.05) is 18.2 Å². The Balaban J connectivity index is 1.78. The van der Waals surface area contributed by atoms with Crippen molar-refractivity contribution in [2.75, 3.05) is 6.61 Å². The second kappa shape index (κ2) is 6.89. The Morgan fingerprint density at radius 2 is 2.17 bits per heavy atom. The molecular formula is C18H17ClN2O2. The Morgan fingerprint density at radius 1 is 1.39 bits per heavy atom. The molecule has 118 valence electrons. The van der Waals surface area contributed by atoms with Crippen LogP contribution in [0.4, 0.5) is 0 Å². The summed E-state index contributed by atoms with van der Waals surface area (Å²) in [7, 11) is 0. The quantitative estimate of drug-likeness (QED) is 0.681. The summed E-state index contributed by atoms with van der Waals surface area (Å²) in [5, 5.41) is 12.8. The van der Waals surface area contributed by atoms with E-state index in [2.05, 4.69) is 5.32 Å². The molecular weight excluding hydrogens is 312 g/mol. The highest BCUT2D eigenvalue weighted by atomic mass is 35.5. The van der Waals surface area contributed by atoms with Gasteiger partial charge in [-0.25, -0.2) is 0 Å². The van der Waals surface area contributed by atoms with Crippen LogP contribution in [0.3, 0.4) is 0 Å². The Bertz CT molecular complexity index is 725. The van der Waals surface area contributed by atoms with Crippen molar-refractivity contribution in [2.24, 2.45) is 0 Å². The van der Waals surface area contributed by atoms with Crippen molar-refractivity contribution in [3.05, 3.63) is 46.0 Å². The Kier molecular flexibility index (Phi) is 4.68. The van der Waals surface area contributed by atoms with Crippen molar-refractivity contribution in [1.29, 1.82) is 5.26 Å². The number of nitrogens with one attached hydrogen (secondary N) is 1. The van der Waals surface area contributed by atoms with Crippen LogP contribution in [0.2, 0.25) is 5.02 Å². The zero-order chi connectivity index (χ0) is 16.2. The van der Waals surface area contributed by atoms with Gasteiger partial charge in [0.1, 0.15) is 24.0 Å². The molecule has 0 aromatic heterocycles. The predicted molar refractivity (Wildman–Crippen MR) is 89.0 cm³/mol. The van der Waals surface area contributed by atoms with Gasteiger partial charge in [-0.05, 0) is 48.8 Å². The monoisotopic (exact) mass is 328 g/mol. The standard InChI is InChI=1S/C18H17ClN2O2/c19-15-5-6-17-13(9-15)7-12(11-23-17)8-14(10-20)18(22)21-16-3-1-2-4-16/h5-9,16H,1-4,11H2,(H,21,22)/b14-8+. The van der Waals surface area contributed by atoms with Gasteiger partial charge in [0.15, 0.2) is 0 Å². The largest absolute Gasteiger partial charge is 0.488 e. The highest BCUT2D eigenvalue weighted by Crippen LogP contribution is 2.29. The third-order valence-electron chi connectivity index (χ3n) is 4.09. The summed E-state index contributed by atoms with van der Waals surface area (Å²) in [5.74, 6) is 0.442. The molecule has 1 aromatic carbocycles. The number of halogens is 1. The van der Waals surface area contributed by atoms with Gasteiger partial charge in [-0.15, -0.1) is 0 Å². The fraction of sp³-hybridized carbons (Fsp3) is 0.333. The molecule has 2 aliphatic rings. The lowest BCUT2D eigenvalue weighted by molar-refractivity contribution is -0.117. The van der Waals surface area contributed by atoms with Gasteiger partial charge in [0, 0.05) is 16.6 Å². The Labute approximate surface area is 140 Å². The molecule has 1 N–H and O–H groups in total. The topological polar surface area (TPSA) is 62.1 Å². The van der Waals surface area contributed by atoms with E-state index in [0.717, 1.165) is 42.6 Å². The number of ether oxygens (including phenoxy) is 1. The number of nitriles is 1. The highest BCUT2D eigenvalue weighted by Gasteiger charge is 2.20. The van der Waals surface area contributed by atoms with E-state index >= 15 is 0 Å². The first kappa shape index (κ1) is 15.6. The maximum atomic E-state index is 12.2. The molecule has 3 rings (SSSR count). The number of hydrogen-bond donors (Lipinski definition) is 1. The van der Waals surface area contributed by atoms with Crippen molar-refractivity contribution in [1.82, 2.24) is 5.32 Å². The van der Waals surface area contributed by atoms with Gasteiger partial charge in [-0.1, -0.05) is 24.4 Å². The molecule has 1 saturated carbocycles. The molecule has 0 atom stereocenters. The summed E-state index contributed by atoms with van der Waals surface area (Å²) < 4.78 is 5.64. The van der Waals surface area contributed by atoms with E-state index < -0.39 is 0 Å². The first-order valence-corrected chi connectivity index (χ1v) is 8.09. The molecule has 0 bridgehead atoms. The third-order valence-corrected chi connectivity index (χ3v) is 4.33. The van der Waals surface area contributed by atoms with Gasteiger partial charge in [-0.2, -0.15) is 5.26 Å². The fourth-order valence-electron chi connectivity index (χ4n) is 2.92. The average Bonchev–Trinajstić information content (AvgIpc) is 3.05. The summed E-state index contributed by atoms with van der Waals surface area (Å²) >= 11 is 5.99. The Morgan fingerprint density at radius 3 is 2.91 bits per heavy atom. The molecule has 0 unspecified atom stereocenters. The second-order valence-electron chi connectivity index (χ2n) is 5.81. The van der Waals surface area contributed by atoms with Crippen molar-refractivity contribution >= 4 is 23.6 Å². The third kappa shape index (κ3) is 3.75. The van der Waals surface area contributed by atoms with Crippen LogP contribution in [-0.4, -0.2) is 18.6 Å². The van der Waals surface area contributed by atoms with E-state index in [0.29, 0.717) is 11.6 Å². The van der Waals surface area contributed by atoms with Crippen LogP contribution in [0.5, 0.6) is 5.75 Å². The highest BCUT2D eigenvalue weighted by molar-refractivity contribution is 6.30. The number of amides is 1. The van der Waals surface area contributed by atoms with Gasteiger partial charge in [0.05, 0.1) is 0 Å². The maximum Gasteiger partial charge on any atom is 0.262 e. The molecule has 0 spiro atoms. The molecule has 4 nitrogen and oxygen atoms in total. The molecule has 0 radical (unpaired) electrons.